The second kappa shape index (κ2) is 11.9. The molecule has 0 N–H and O–H groups in total. The fourth-order valence-corrected chi connectivity index (χ4v) is 6.25. The predicted molar refractivity (Wildman–Crippen MR) is 165 cm³/mol. The fourth-order valence-electron chi connectivity index (χ4n) is 5.23. The number of aromatic nitrogens is 1. The van der Waals surface area contributed by atoms with Crippen LogP contribution in [0.3, 0.4) is 0 Å². The first kappa shape index (κ1) is 26.8. The lowest BCUT2D eigenvalue weighted by Crippen LogP contribution is -2.30. The molecule has 1 fully saturated rings. The number of carbonyl (C=O) groups excluding carboxylic acids is 1. The van der Waals surface area contributed by atoms with Crippen LogP contribution >= 0.6 is 11.8 Å². The van der Waals surface area contributed by atoms with Gasteiger partial charge in [0.2, 0.25) is 0 Å². The molecule has 0 bridgehead atoms. The van der Waals surface area contributed by atoms with Gasteiger partial charge >= 0.3 is 0 Å². The smallest absolute Gasteiger partial charge is 0.266 e. The third-order valence-corrected chi connectivity index (χ3v) is 8.25. The first-order chi connectivity index (χ1) is 19.0. The predicted octanol–water partition coefficient (Wildman–Crippen LogP) is 8.20. The number of aliphatic imine (C=N–C) groups is 1. The van der Waals surface area contributed by atoms with Gasteiger partial charge in [0.05, 0.1) is 16.3 Å². The Bertz CT molecular complexity index is 1530. The molecule has 39 heavy (non-hydrogen) atoms. The lowest BCUT2D eigenvalue weighted by molar-refractivity contribution is -0.122. The highest BCUT2D eigenvalue weighted by Crippen LogP contribution is 2.36. The van der Waals surface area contributed by atoms with E-state index < -0.39 is 0 Å². The molecule has 1 aliphatic rings. The molecule has 0 spiro atoms. The molecule has 5 heteroatoms. The summed E-state index contributed by atoms with van der Waals surface area (Å²) in [5.41, 5.74) is 9.33. The van der Waals surface area contributed by atoms with Crippen molar-refractivity contribution in [1.29, 1.82) is 0 Å². The van der Waals surface area contributed by atoms with E-state index in [2.05, 4.69) is 80.8 Å². The molecule has 0 unspecified atom stereocenters. The third-order valence-electron chi connectivity index (χ3n) is 7.24. The summed E-state index contributed by atoms with van der Waals surface area (Å²) in [4.78, 5) is 21.2. The van der Waals surface area contributed by atoms with Crippen molar-refractivity contribution in [3.63, 3.8) is 0 Å². The van der Waals surface area contributed by atoms with Crippen LogP contribution in [0.4, 0.5) is 5.69 Å². The molecule has 0 aliphatic carbocycles. The Morgan fingerprint density at radius 1 is 0.897 bits per heavy atom. The van der Waals surface area contributed by atoms with E-state index in [9.17, 15) is 4.79 Å². The van der Waals surface area contributed by atoms with Crippen molar-refractivity contribution in [1.82, 2.24) is 9.47 Å². The summed E-state index contributed by atoms with van der Waals surface area (Å²) < 4.78 is 2.33. The van der Waals surface area contributed by atoms with Crippen LogP contribution in [0.15, 0.2) is 94.8 Å². The van der Waals surface area contributed by atoms with Crippen LogP contribution in [0.1, 0.15) is 47.0 Å². The Hall–Kier alpha value is -3.83. The first-order valence-corrected chi connectivity index (χ1v) is 14.4. The highest BCUT2D eigenvalue weighted by Gasteiger charge is 2.33. The quantitative estimate of drug-likeness (QED) is 0.214. The summed E-state index contributed by atoms with van der Waals surface area (Å²) in [6, 6.07) is 29.0. The van der Waals surface area contributed by atoms with E-state index in [-0.39, 0.29) is 5.91 Å². The molecule has 1 saturated heterocycles. The van der Waals surface area contributed by atoms with Gasteiger partial charge in [0.15, 0.2) is 5.17 Å². The van der Waals surface area contributed by atoms with E-state index >= 15 is 0 Å². The number of aryl methyl sites for hydroxylation is 4. The Morgan fingerprint density at radius 2 is 1.62 bits per heavy atom. The molecule has 3 aromatic carbocycles. The molecule has 1 aromatic heterocycles. The van der Waals surface area contributed by atoms with Crippen molar-refractivity contribution in [2.75, 3.05) is 6.54 Å². The Kier molecular flexibility index (Phi) is 8.18. The van der Waals surface area contributed by atoms with Gasteiger partial charge in [0.1, 0.15) is 0 Å². The van der Waals surface area contributed by atoms with E-state index in [1.54, 1.807) is 0 Å². The molecule has 198 valence electrons. The molecule has 0 radical (unpaired) electrons. The van der Waals surface area contributed by atoms with Crippen molar-refractivity contribution in [3.05, 3.63) is 123 Å². The lowest BCUT2D eigenvalue weighted by atomic mass is 10.1. The van der Waals surface area contributed by atoms with E-state index in [1.165, 1.54) is 34.1 Å². The molecule has 1 aliphatic heterocycles. The molecule has 1 amide bonds. The van der Waals surface area contributed by atoms with E-state index in [1.807, 2.05) is 47.4 Å². The number of para-hydroxylation sites is 2. The standard InChI is InChI=1S/C34H35N3OS/c1-5-28-18-12-14-24(2)32(28)37-25(3)22-29(26(37)4)23-31-33(38)36(21-13-17-27-15-8-6-9-16-27)34(39-31)35-30-19-10-7-11-20-30/h6-12,14-16,18-20,22-23H,5,13,17,21H2,1-4H3/b31-23-,35-34?. The highest BCUT2D eigenvalue weighted by atomic mass is 32.2. The minimum absolute atomic E-state index is 0.0256. The maximum Gasteiger partial charge on any atom is 0.266 e. The summed E-state index contributed by atoms with van der Waals surface area (Å²) in [6.45, 7) is 9.28. The number of amides is 1. The van der Waals surface area contributed by atoms with Gasteiger partial charge in [-0.2, -0.15) is 0 Å². The second-order valence-corrected chi connectivity index (χ2v) is 11.0. The Balaban J connectivity index is 1.47. The van der Waals surface area contributed by atoms with Crippen LogP contribution in [0.5, 0.6) is 0 Å². The zero-order valence-electron chi connectivity index (χ0n) is 23.1. The highest BCUT2D eigenvalue weighted by molar-refractivity contribution is 8.18. The fraction of sp³-hybridized carbons (Fsp3) is 0.235. The zero-order valence-corrected chi connectivity index (χ0v) is 24.0. The van der Waals surface area contributed by atoms with Crippen LogP contribution in [0.25, 0.3) is 11.8 Å². The first-order valence-electron chi connectivity index (χ1n) is 13.6. The summed E-state index contributed by atoms with van der Waals surface area (Å²) >= 11 is 1.47. The van der Waals surface area contributed by atoms with Crippen molar-refractivity contribution in [3.8, 4) is 5.69 Å². The van der Waals surface area contributed by atoms with E-state index in [4.69, 9.17) is 4.99 Å². The van der Waals surface area contributed by atoms with Crippen molar-refractivity contribution < 1.29 is 4.79 Å². The molecule has 0 saturated carbocycles. The minimum atomic E-state index is 0.0256. The van der Waals surface area contributed by atoms with Crippen LogP contribution in [-0.2, 0) is 17.6 Å². The van der Waals surface area contributed by atoms with E-state index in [0.29, 0.717) is 11.4 Å². The number of thioether (sulfide) groups is 1. The SMILES string of the molecule is CCc1cccc(C)c1-n1c(C)cc(/C=C2\SC(=Nc3ccccc3)N(CCCc3ccccc3)C2=O)c1C. The number of hydrogen-bond donors (Lipinski definition) is 0. The van der Waals surface area contributed by atoms with Crippen molar-refractivity contribution >= 4 is 34.6 Å². The molecular formula is C34H35N3OS. The van der Waals surface area contributed by atoms with E-state index in [0.717, 1.165) is 47.1 Å². The number of amidine groups is 1. The summed E-state index contributed by atoms with van der Waals surface area (Å²) in [7, 11) is 0. The second-order valence-electron chi connectivity index (χ2n) is 9.98. The summed E-state index contributed by atoms with van der Waals surface area (Å²) in [6.07, 6.45) is 4.81. The van der Waals surface area contributed by atoms with Gasteiger partial charge in [-0.15, -0.1) is 0 Å². The number of carbonyl (C=O) groups is 1. The topological polar surface area (TPSA) is 37.6 Å². The van der Waals surface area contributed by atoms with Gasteiger partial charge in [-0.3, -0.25) is 9.69 Å². The monoisotopic (exact) mass is 533 g/mol. The Morgan fingerprint density at radius 3 is 2.33 bits per heavy atom. The van der Waals surface area contributed by atoms with Gasteiger partial charge in [-0.1, -0.05) is 73.7 Å². The van der Waals surface area contributed by atoms with Crippen LogP contribution in [-0.4, -0.2) is 27.1 Å². The molecule has 0 atom stereocenters. The van der Waals surface area contributed by atoms with Gasteiger partial charge in [0, 0.05) is 17.9 Å². The normalized spacial score (nSPS) is 15.6. The number of rotatable bonds is 8. The average molecular weight is 534 g/mol. The van der Waals surface area contributed by atoms with Crippen LogP contribution in [0, 0.1) is 20.8 Å². The lowest BCUT2D eigenvalue weighted by Gasteiger charge is -2.17. The zero-order chi connectivity index (χ0) is 27.4. The number of hydrogen-bond acceptors (Lipinski definition) is 3. The Labute approximate surface area is 236 Å². The third kappa shape index (κ3) is 5.79. The molecule has 2 heterocycles. The van der Waals surface area contributed by atoms with Gasteiger partial charge in [-0.05, 0) is 98.3 Å². The van der Waals surface area contributed by atoms with Gasteiger partial charge < -0.3 is 4.57 Å². The number of benzene rings is 3. The summed E-state index contributed by atoms with van der Waals surface area (Å²) in [5, 5.41) is 0.742. The maximum atomic E-state index is 13.7. The maximum absolute atomic E-state index is 13.7. The largest absolute Gasteiger partial charge is 0.317 e. The minimum Gasteiger partial charge on any atom is -0.317 e. The molecular weight excluding hydrogens is 498 g/mol. The average Bonchev–Trinajstić information content (AvgIpc) is 3.39. The van der Waals surface area contributed by atoms with Crippen molar-refractivity contribution in [2.24, 2.45) is 4.99 Å². The van der Waals surface area contributed by atoms with Crippen molar-refractivity contribution in [2.45, 2.75) is 47.0 Å². The van der Waals surface area contributed by atoms with Crippen LogP contribution in [0.2, 0.25) is 0 Å². The van der Waals surface area contributed by atoms with Crippen LogP contribution < -0.4 is 0 Å². The molecule has 4 aromatic rings. The van der Waals surface area contributed by atoms with Gasteiger partial charge in [-0.25, -0.2) is 4.99 Å². The number of nitrogens with zero attached hydrogens (tertiary/aromatic N) is 3. The summed E-state index contributed by atoms with van der Waals surface area (Å²) in [5.74, 6) is 0.0256. The molecule has 4 nitrogen and oxygen atoms in total. The molecule has 5 rings (SSSR count). The van der Waals surface area contributed by atoms with Gasteiger partial charge in [0.25, 0.3) is 5.91 Å².